The number of aromatic nitrogens is 2. The van der Waals surface area contributed by atoms with E-state index in [1.54, 1.807) is 6.20 Å². The Morgan fingerprint density at radius 3 is 2.75 bits per heavy atom. The van der Waals surface area contributed by atoms with Crippen LogP contribution in [0.25, 0.3) is 0 Å². The average molecular weight is 444 g/mol. The molecule has 0 atom stereocenters. The van der Waals surface area contributed by atoms with Gasteiger partial charge in [-0.2, -0.15) is 0 Å². The molecule has 0 bridgehead atoms. The number of aliphatic hydroxyl groups excluding tert-OH is 1. The van der Waals surface area contributed by atoms with Crippen molar-refractivity contribution in [1.29, 1.82) is 0 Å². The van der Waals surface area contributed by atoms with Crippen molar-refractivity contribution < 1.29 is 19.0 Å². The van der Waals surface area contributed by atoms with Gasteiger partial charge in [0.15, 0.2) is 11.6 Å². The summed E-state index contributed by atoms with van der Waals surface area (Å²) >= 11 is 0. The highest BCUT2D eigenvalue weighted by molar-refractivity contribution is 5.97. The van der Waals surface area contributed by atoms with E-state index in [9.17, 15) is 14.3 Å². The molecule has 2 aliphatic rings. The summed E-state index contributed by atoms with van der Waals surface area (Å²) in [5.41, 5.74) is 0.410. The van der Waals surface area contributed by atoms with Crippen LogP contribution in [0, 0.1) is 11.2 Å². The Labute approximate surface area is 187 Å². The first-order valence-electron chi connectivity index (χ1n) is 11.1. The van der Waals surface area contributed by atoms with Crippen molar-refractivity contribution in [3.05, 3.63) is 42.1 Å². The van der Waals surface area contributed by atoms with Crippen molar-refractivity contribution in [1.82, 2.24) is 20.2 Å². The van der Waals surface area contributed by atoms with Gasteiger partial charge in [-0.25, -0.2) is 14.4 Å². The fraction of sp³-hybridized carbons (Fsp3) is 0.522. The van der Waals surface area contributed by atoms with E-state index in [-0.39, 0.29) is 30.5 Å². The number of hydrogen-bond acceptors (Lipinski definition) is 7. The van der Waals surface area contributed by atoms with E-state index in [1.807, 2.05) is 13.8 Å². The second-order valence-electron chi connectivity index (χ2n) is 8.88. The van der Waals surface area contributed by atoms with E-state index in [0.29, 0.717) is 17.0 Å². The van der Waals surface area contributed by atoms with E-state index in [0.717, 1.165) is 39.0 Å². The molecule has 8 nitrogen and oxygen atoms in total. The number of benzene rings is 1. The smallest absolute Gasteiger partial charge is 0.258 e. The van der Waals surface area contributed by atoms with Crippen LogP contribution in [-0.4, -0.2) is 71.3 Å². The summed E-state index contributed by atoms with van der Waals surface area (Å²) in [5.74, 6) is 0.388. The first-order chi connectivity index (χ1) is 15.4. The normalized spacial score (nSPS) is 17.3. The molecule has 9 heteroatoms. The lowest BCUT2D eigenvalue weighted by molar-refractivity contribution is 0.0662. The zero-order valence-corrected chi connectivity index (χ0v) is 18.6. The highest BCUT2D eigenvalue weighted by Crippen LogP contribution is 2.43. The Bertz CT molecular complexity index is 956. The molecule has 2 aromatic rings. The minimum atomic E-state index is -0.534. The molecule has 2 saturated heterocycles. The molecule has 0 saturated carbocycles. The van der Waals surface area contributed by atoms with Gasteiger partial charge in [-0.3, -0.25) is 4.79 Å². The van der Waals surface area contributed by atoms with E-state index >= 15 is 0 Å². The maximum Gasteiger partial charge on any atom is 0.258 e. The fourth-order valence-corrected chi connectivity index (χ4v) is 4.54. The molecule has 2 fully saturated rings. The molecule has 1 aromatic carbocycles. The van der Waals surface area contributed by atoms with Gasteiger partial charge in [0.05, 0.1) is 18.4 Å². The highest BCUT2D eigenvalue weighted by Gasteiger charge is 2.44. The molecular formula is C23H30FN5O3. The number of rotatable bonds is 7. The number of carbonyl (C=O) groups is 1. The van der Waals surface area contributed by atoms with Crippen LogP contribution in [0.1, 0.15) is 37.0 Å². The second-order valence-corrected chi connectivity index (χ2v) is 8.88. The maximum absolute atomic E-state index is 14.1. The third-order valence-corrected chi connectivity index (χ3v) is 6.29. The molecule has 0 unspecified atom stereocenters. The minimum Gasteiger partial charge on any atom is -0.451 e. The average Bonchev–Trinajstić information content (AvgIpc) is 2.77. The van der Waals surface area contributed by atoms with Crippen LogP contribution in [0.15, 0.2) is 30.7 Å². The molecule has 0 radical (unpaired) electrons. The molecule has 2 N–H and O–H groups in total. The van der Waals surface area contributed by atoms with Crippen LogP contribution in [-0.2, 0) is 0 Å². The molecule has 172 valence electrons. The number of amides is 1. The van der Waals surface area contributed by atoms with Gasteiger partial charge in [0.2, 0.25) is 0 Å². The molecule has 1 aromatic heterocycles. The van der Waals surface area contributed by atoms with Gasteiger partial charge in [0.25, 0.3) is 5.91 Å². The second kappa shape index (κ2) is 9.38. The number of carbonyl (C=O) groups excluding carboxylic acids is 1. The first kappa shape index (κ1) is 22.4. The molecule has 4 rings (SSSR count). The highest BCUT2D eigenvalue weighted by atomic mass is 19.1. The van der Waals surface area contributed by atoms with Crippen molar-refractivity contribution in [3.63, 3.8) is 0 Å². The number of piperidine rings is 1. The summed E-state index contributed by atoms with van der Waals surface area (Å²) in [6.45, 7) is 7.51. The number of anilines is 1. The molecular weight excluding hydrogens is 413 g/mol. The van der Waals surface area contributed by atoms with Gasteiger partial charge in [-0.1, -0.05) is 0 Å². The summed E-state index contributed by atoms with van der Waals surface area (Å²) < 4.78 is 20.2. The van der Waals surface area contributed by atoms with Gasteiger partial charge in [-0.05, 0) is 58.0 Å². The molecule has 3 heterocycles. The third-order valence-electron chi connectivity index (χ3n) is 6.29. The zero-order valence-electron chi connectivity index (χ0n) is 18.6. The summed E-state index contributed by atoms with van der Waals surface area (Å²) in [4.78, 5) is 25.3. The fourth-order valence-electron chi connectivity index (χ4n) is 4.54. The van der Waals surface area contributed by atoms with Crippen LogP contribution >= 0.6 is 0 Å². The monoisotopic (exact) mass is 443 g/mol. The third kappa shape index (κ3) is 4.54. The van der Waals surface area contributed by atoms with Gasteiger partial charge in [0.1, 0.15) is 17.9 Å². The van der Waals surface area contributed by atoms with Crippen LogP contribution in [0.2, 0.25) is 0 Å². The summed E-state index contributed by atoms with van der Waals surface area (Å²) in [6.07, 6.45) is 5.32. The molecule has 0 aliphatic carbocycles. The lowest BCUT2D eigenvalue weighted by Crippen LogP contribution is -2.60. The number of nitrogens with one attached hydrogen (secondary N) is 1. The largest absolute Gasteiger partial charge is 0.451 e. The quantitative estimate of drug-likeness (QED) is 0.679. The maximum atomic E-state index is 14.1. The van der Waals surface area contributed by atoms with E-state index < -0.39 is 11.7 Å². The predicted molar refractivity (Wildman–Crippen MR) is 119 cm³/mol. The van der Waals surface area contributed by atoms with Crippen molar-refractivity contribution in [2.45, 2.75) is 32.7 Å². The molecule has 1 amide bonds. The number of hydrogen-bond donors (Lipinski definition) is 2. The van der Waals surface area contributed by atoms with Crippen molar-refractivity contribution in [2.75, 3.05) is 44.2 Å². The molecule has 32 heavy (non-hydrogen) atoms. The minimum absolute atomic E-state index is 0.0976. The lowest BCUT2D eigenvalue weighted by atomic mass is 9.72. The summed E-state index contributed by atoms with van der Waals surface area (Å²) in [6, 6.07) is 3.71. The van der Waals surface area contributed by atoms with Gasteiger partial charge < -0.3 is 25.0 Å². The number of aliphatic hydroxyl groups is 1. The Morgan fingerprint density at radius 1 is 1.31 bits per heavy atom. The molecule has 1 spiro atoms. The van der Waals surface area contributed by atoms with E-state index in [1.165, 1.54) is 29.4 Å². The van der Waals surface area contributed by atoms with Crippen LogP contribution in [0.5, 0.6) is 11.5 Å². The van der Waals surface area contributed by atoms with Gasteiger partial charge >= 0.3 is 0 Å². The van der Waals surface area contributed by atoms with E-state index in [4.69, 9.17) is 4.74 Å². The first-order valence-corrected chi connectivity index (χ1v) is 11.1. The van der Waals surface area contributed by atoms with Gasteiger partial charge in [0, 0.05) is 31.1 Å². The van der Waals surface area contributed by atoms with Crippen LogP contribution in [0.3, 0.4) is 0 Å². The van der Waals surface area contributed by atoms with Crippen molar-refractivity contribution >= 4 is 11.7 Å². The van der Waals surface area contributed by atoms with Crippen LogP contribution in [0.4, 0.5) is 10.2 Å². The molecule has 2 aliphatic heterocycles. The Morgan fingerprint density at radius 2 is 2.06 bits per heavy atom. The topological polar surface area (TPSA) is 90.8 Å². The predicted octanol–water partition coefficient (Wildman–Crippen LogP) is 2.44. The van der Waals surface area contributed by atoms with E-state index in [2.05, 4.69) is 20.2 Å². The Hall–Kier alpha value is -2.78. The lowest BCUT2D eigenvalue weighted by Gasteiger charge is -2.53. The van der Waals surface area contributed by atoms with Crippen molar-refractivity contribution in [2.24, 2.45) is 5.41 Å². The van der Waals surface area contributed by atoms with Gasteiger partial charge in [-0.15, -0.1) is 0 Å². The number of ether oxygens (including phenoxy) is 1. The Kier molecular flexibility index (Phi) is 6.57. The SMILES string of the molecule is CC(C)N(CCO)C(=O)c1cc(F)ccc1Oc1cncnc1N1CC2(CCNCC2)C1. The van der Waals surface area contributed by atoms with Crippen molar-refractivity contribution in [3.8, 4) is 11.5 Å². The number of nitrogens with zero attached hydrogens (tertiary/aromatic N) is 4. The summed E-state index contributed by atoms with van der Waals surface area (Å²) in [5, 5.41) is 12.8. The summed E-state index contributed by atoms with van der Waals surface area (Å²) in [7, 11) is 0. The Balaban J connectivity index is 1.58. The zero-order chi connectivity index (χ0) is 22.7. The van der Waals surface area contributed by atoms with Crippen LogP contribution < -0.4 is 15.0 Å². The number of halogens is 1. The standard InChI is InChI=1S/C23H30FN5O3/c1-16(2)29(9-10-30)22(31)18-11-17(24)3-4-19(18)32-20-12-26-15-27-21(20)28-13-23(14-28)5-7-25-8-6-23/h3-4,11-12,15-16,25,30H,5-10,13-14H2,1-2H3.